The van der Waals surface area contributed by atoms with Crippen LogP contribution in [0.5, 0.6) is 0 Å². The fourth-order valence-corrected chi connectivity index (χ4v) is 2.06. The highest BCUT2D eigenvalue weighted by atomic mass is 16.5. The first kappa shape index (κ1) is 12.5. The van der Waals surface area contributed by atoms with Crippen LogP contribution in [0.2, 0.25) is 0 Å². The fraction of sp³-hybridized carbons (Fsp3) is 0.917. The largest absolute Gasteiger partial charge is 0.378 e. The minimum atomic E-state index is 0.137. The highest BCUT2D eigenvalue weighted by molar-refractivity contribution is 4.80. The number of rotatable bonds is 6. The van der Waals surface area contributed by atoms with E-state index in [2.05, 4.69) is 18.0 Å². The van der Waals surface area contributed by atoms with Gasteiger partial charge in [-0.3, -0.25) is 0 Å². The SMILES string of the molecule is CC(C#N)CN(C)CCCC1CCCO1. The van der Waals surface area contributed by atoms with E-state index in [1.54, 1.807) is 0 Å². The molecule has 1 heterocycles. The predicted molar refractivity (Wildman–Crippen MR) is 60.5 cm³/mol. The second-order valence-electron chi connectivity index (χ2n) is 4.57. The van der Waals surface area contributed by atoms with Crippen molar-refractivity contribution in [2.45, 2.75) is 38.7 Å². The highest BCUT2D eigenvalue weighted by Gasteiger charge is 2.15. The Morgan fingerprint density at radius 2 is 2.40 bits per heavy atom. The Balaban J connectivity index is 2.01. The molecule has 0 bridgehead atoms. The standard InChI is InChI=1S/C12H22N2O/c1-11(9-13)10-14(2)7-3-5-12-6-4-8-15-12/h11-12H,3-8,10H2,1-2H3. The topological polar surface area (TPSA) is 36.3 Å². The van der Waals surface area contributed by atoms with Gasteiger partial charge in [-0.1, -0.05) is 0 Å². The summed E-state index contributed by atoms with van der Waals surface area (Å²) in [6, 6.07) is 2.26. The van der Waals surface area contributed by atoms with Gasteiger partial charge in [-0.15, -0.1) is 0 Å². The summed E-state index contributed by atoms with van der Waals surface area (Å²) < 4.78 is 5.57. The Morgan fingerprint density at radius 1 is 1.60 bits per heavy atom. The van der Waals surface area contributed by atoms with Crippen molar-refractivity contribution in [3.63, 3.8) is 0 Å². The van der Waals surface area contributed by atoms with Crippen molar-refractivity contribution in [3.05, 3.63) is 0 Å². The number of nitrogens with zero attached hydrogens (tertiary/aromatic N) is 2. The van der Waals surface area contributed by atoms with E-state index in [0.717, 1.165) is 19.7 Å². The summed E-state index contributed by atoms with van der Waals surface area (Å²) >= 11 is 0. The summed E-state index contributed by atoms with van der Waals surface area (Å²) in [7, 11) is 2.09. The molecular formula is C12H22N2O. The smallest absolute Gasteiger partial charge is 0.0666 e. The minimum Gasteiger partial charge on any atom is -0.378 e. The van der Waals surface area contributed by atoms with Crippen molar-refractivity contribution in [3.8, 4) is 6.07 Å². The maximum atomic E-state index is 8.69. The lowest BCUT2D eigenvalue weighted by molar-refractivity contribution is 0.0995. The quantitative estimate of drug-likeness (QED) is 0.673. The molecule has 86 valence electrons. The van der Waals surface area contributed by atoms with Gasteiger partial charge in [0.2, 0.25) is 0 Å². The molecule has 1 fully saturated rings. The van der Waals surface area contributed by atoms with Crippen molar-refractivity contribution in [2.24, 2.45) is 5.92 Å². The summed E-state index contributed by atoms with van der Waals surface area (Å²) in [5, 5.41) is 8.69. The van der Waals surface area contributed by atoms with E-state index in [1.807, 2.05) is 6.92 Å². The van der Waals surface area contributed by atoms with Gasteiger partial charge in [0.05, 0.1) is 18.1 Å². The highest BCUT2D eigenvalue weighted by Crippen LogP contribution is 2.16. The average molecular weight is 210 g/mol. The van der Waals surface area contributed by atoms with Crippen molar-refractivity contribution in [1.82, 2.24) is 4.90 Å². The first-order valence-corrected chi connectivity index (χ1v) is 5.92. The van der Waals surface area contributed by atoms with Crippen LogP contribution in [0.1, 0.15) is 32.6 Å². The van der Waals surface area contributed by atoms with E-state index in [0.29, 0.717) is 6.10 Å². The normalized spacial score (nSPS) is 22.9. The van der Waals surface area contributed by atoms with E-state index in [4.69, 9.17) is 10.00 Å². The molecule has 3 nitrogen and oxygen atoms in total. The zero-order valence-electron chi connectivity index (χ0n) is 9.91. The molecule has 0 radical (unpaired) electrons. The van der Waals surface area contributed by atoms with Crippen molar-refractivity contribution >= 4 is 0 Å². The zero-order valence-corrected chi connectivity index (χ0v) is 9.91. The summed E-state index contributed by atoms with van der Waals surface area (Å²) in [5.74, 6) is 0.137. The van der Waals surface area contributed by atoms with Gasteiger partial charge in [-0.2, -0.15) is 5.26 Å². The molecule has 15 heavy (non-hydrogen) atoms. The van der Waals surface area contributed by atoms with Gasteiger partial charge in [-0.25, -0.2) is 0 Å². The Hall–Kier alpha value is -0.590. The van der Waals surface area contributed by atoms with Crippen molar-refractivity contribution < 1.29 is 4.74 Å². The average Bonchev–Trinajstić information content (AvgIpc) is 2.70. The summed E-state index contributed by atoms with van der Waals surface area (Å²) in [5.41, 5.74) is 0. The molecule has 0 N–H and O–H groups in total. The van der Waals surface area contributed by atoms with Crippen LogP contribution >= 0.6 is 0 Å². The van der Waals surface area contributed by atoms with E-state index in [9.17, 15) is 0 Å². The maximum Gasteiger partial charge on any atom is 0.0666 e. The summed E-state index contributed by atoms with van der Waals surface area (Å²) in [6.45, 7) is 4.87. The number of hydrogen-bond donors (Lipinski definition) is 0. The maximum absolute atomic E-state index is 8.69. The van der Waals surface area contributed by atoms with Gasteiger partial charge in [-0.05, 0) is 46.2 Å². The molecule has 1 aliphatic rings. The third-order valence-corrected chi connectivity index (χ3v) is 2.90. The van der Waals surface area contributed by atoms with E-state index in [-0.39, 0.29) is 5.92 Å². The van der Waals surface area contributed by atoms with Crippen molar-refractivity contribution in [2.75, 3.05) is 26.7 Å². The first-order valence-electron chi connectivity index (χ1n) is 5.92. The number of hydrogen-bond acceptors (Lipinski definition) is 3. The molecule has 0 spiro atoms. The van der Waals surface area contributed by atoms with Gasteiger partial charge in [0.25, 0.3) is 0 Å². The fourth-order valence-electron chi connectivity index (χ4n) is 2.06. The molecule has 0 aromatic heterocycles. The van der Waals surface area contributed by atoms with Gasteiger partial charge in [0, 0.05) is 13.2 Å². The van der Waals surface area contributed by atoms with Crippen LogP contribution in [0.4, 0.5) is 0 Å². The van der Waals surface area contributed by atoms with Crippen LogP contribution in [0.15, 0.2) is 0 Å². The minimum absolute atomic E-state index is 0.137. The Labute approximate surface area is 93.0 Å². The van der Waals surface area contributed by atoms with E-state index in [1.165, 1.54) is 25.7 Å². The second kappa shape index (κ2) is 6.81. The van der Waals surface area contributed by atoms with Crippen LogP contribution in [0.25, 0.3) is 0 Å². The molecule has 3 heteroatoms. The Morgan fingerprint density at radius 3 is 3.00 bits per heavy atom. The van der Waals surface area contributed by atoms with Gasteiger partial charge in [0.15, 0.2) is 0 Å². The van der Waals surface area contributed by atoms with Gasteiger partial charge < -0.3 is 9.64 Å². The Bertz CT molecular complexity index is 206. The van der Waals surface area contributed by atoms with Crippen LogP contribution in [0, 0.1) is 17.2 Å². The first-order chi connectivity index (χ1) is 7.22. The van der Waals surface area contributed by atoms with Crippen LogP contribution in [0.3, 0.4) is 0 Å². The summed E-state index contributed by atoms with van der Waals surface area (Å²) in [4.78, 5) is 2.24. The van der Waals surface area contributed by atoms with Crippen LogP contribution in [-0.2, 0) is 4.74 Å². The predicted octanol–water partition coefficient (Wildman–Crippen LogP) is 2.04. The number of nitriles is 1. The molecule has 1 rings (SSSR count). The number of ether oxygens (including phenoxy) is 1. The second-order valence-corrected chi connectivity index (χ2v) is 4.57. The molecule has 1 aliphatic heterocycles. The summed E-state index contributed by atoms with van der Waals surface area (Å²) in [6.07, 6.45) is 5.32. The lowest BCUT2D eigenvalue weighted by Gasteiger charge is -2.18. The van der Waals surface area contributed by atoms with E-state index < -0.39 is 0 Å². The molecule has 1 saturated heterocycles. The molecule has 0 aromatic carbocycles. The van der Waals surface area contributed by atoms with Crippen LogP contribution in [-0.4, -0.2) is 37.7 Å². The van der Waals surface area contributed by atoms with Crippen LogP contribution < -0.4 is 0 Å². The molecular weight excluding hydrogens is 188 g/mol. The molecule has 0 saturated carbocycles. The molecule has 0 amide bonds. The molecule has 0 aliphatic carbocycles. The van der Waals surface area contributed by atoms with Gasteiger partial charge in [0.1, 0.15) is 0 Å². The molecule has 0 aromatic rings. The lowest BCUT2D eigenvalue weighted by atomic mass is 10.1. The lowest BCUT2D eigenvalue weighted by Crippen LogP contribution is -2.25. The third kappa shape index (κ3) is 5.15. The van der Waals surface area contributed by atoms with Gasteiger partial charge >= 0.3 is 0 Å². The monoisotopic (exact) mass is 210 g/mol. The molecule has 2 atom stereocenters. The van der Waals surface area contributed by atoms with Crippen molar-refractivity contribution in [1.29, 1.82) is 5.26 Å². The zero-order chi connectivity index (χ0) is 11.1. The molecule has 2 unspecified atom stereocenters. The third-order valence-electron chi connectivity index (χ3n) is 2.90. The Kier molecular flexibility index (Phi) is 5.67. The van der Waals surface area contributed by atoms with E-state index >= 15 is 0 Å².